The molecule has 0 atom stereocenters. The van der Waals surface area contributed by atoms with E-state index in [2.05, 4.69) is 16.0 Å². The predicted octanol–water partition coefficient (Wildman–Crippen LogP) is 3.41. The Labute approximate surface area is 144 Å². The number of rotatable bonds is 2. The minimum atomic E-state index is -0.00497. The molecule has 0 N–H and O–H groups in total. The molecule has 2 aromatic heterocycles. The maximum Gasteiger partial charge on any atom is 0.259 e. The summed E-state index contributed by atoms with van der Waals surface area (Å²) >= 11 is 1.81. The Morgan fingerprint density at radius 2 is 2.08 bits per heavy atom. The van der Waals surface area contributed by atoms with E-state index in [-0.39, 0.29) is 5.91 Å². The Bertz CT molecular complexity index is 846. The van der Waals surface area contributed by atoms with Crippen LogP contribution >= 0.6 is 11.8 Å². The van der Waals surface area contributed by atoms with Crippen LogP contribution in [0.2, 0.25) is 0 Å². The standard InChI is InChI=1S/C18H16N4OS/c23-18(14-6-7-17(20-12-14)21-10-8-19-13-21)22-9-3-11-24-16-5-2-1-4-15(16)22/h1-2,4-8,10,12-13H,3,9,11H2. The van der Waals surface area contributed by atoms with E-state index >= 15 is 0 Å². The fourth-order valence-corrected chi connectivity index (χ4v) is 3.75. The van der Waals surface area contributed by atoms with Gasteiger partial charge in [-0.25, -0.2) is 9.97 Å². The quantitative estimate of drug-likeness (QED) is 0.720. The van der Waals surface area contributed by atoms with Gasteiger partial charge in [0.25, 0.3) is 5.91 Å². The smallest absolute Gasteiger partial charge is 0.259 e. The van der Waals surface area contributed by atoms with Gasteiger partial charge in [0.15, 0.2) is 0 Å². The molecule has 0 saturated heterocycles. The molecule has 120 valence electrons. The van der Waals surface area contributed by atoms with Crippen LogP contribution in [0.4, 0.5) is 5.69 Å². The number of aromatic nitrogens is 3. The first-order valence-corrected chi connectivity index (χ1v) is 8.79. The molecule has 24 heavy (non-hydrogen) atoms. The van der Waals surface area contributed by atoms with Crippen LogP contribution in [-0.2, 0) is 0 Å². The normalized spacial score (nSPS) is 14.1. The molecule has 6 heteroatoms. The molecule has 5 nitrogen and oxygen atoms in total. The van der Waals surface area contributed by atoms with E-state index in [9.17, 15) is 4.79 Å². The van der Waals surface area contributed by atoms with Crippen LogP contribution in [0.25, 0.3) is 5.82 Å². The van der Waals surface area contributed by atoms with E-state index in [1.807, 2.05) is 46.0 Å². The second kappa shape index (κ2) is 6.49. The number of imidazole rings is 1. The van der Waals surface area contributed by atoms with Crippen LogP contribution in [-0.4, -0.2) is 32.7 Å². The largest absolute Gasteiger partial charge is 0.307 e. The number of carbonyl (C=O) groups is 1. The van der Waals surface area contributed by atoms with E-state index in [0.717, 1.165) is 35.1 Å². The Balaban J connectivity index is 1.64. The summed E-state index contributed by atoms with van der Waals surface area (Å²) in [5.41, 5.74) is 1.59. The monoisotopic (exact) mass is 336 g/mol. The number of carbonyl (C=O) groups excluding carboxylic acids is 1. The number of nitrogens with zero attached hydrogens (tertiary/aromatic N) is 4. The number of amides is 1. The summed E-state index contributed by atoms with van der Waals surface area (Å²) in [5.74, 6) is 1.77. The Hall–Kier alpha value is -2.60. The summed E-state index contributed by atoms with van der Waals surface area (Å²) < 4.78 is 1.81. The van der Waals surface area contributed by atoms with Crippen molar-refractivity contribution < 1.29 is 4.79 Å². The van der Waals surface area contributed by atoms with Gasteiger partial charge in [-0.05, 0) is 36.4 Å². The molecule has 0 aliphatic carbocycles. The highest BCUT2D eigenvalue weighted by Gasteiger charge is 2.22. The summed E-state index contributed by atoms with van der Waals surface area (Å²) in [4.78, 5) is 24.4. The minimum absolute atomic E-state index is 0.00497. The van der Waals surface area contributed by atoms with Crippen molar-refractivity contribution >= 4 is 23.4 Å². The highest BCUT2D eigenvalue weighted by atomic mass is 32.2. The van der Waals surface area contributed by atoms with Crippen molar-refractivity contribution in [1.82, 2.24) is 14.5 Å². The van der Waals surface area contributed by atoms with Crippen molar-refractivity contribution in [3.63, 3.8) is 0 Å². The molecule has 1 aliphatic rings. The number of para-hydroxylation sites is 1. The topological polar surface area (TPSA) is 51.0 Å². The molecule has 0 bridgehead atoms. The first kappa shape index (κ1) is 15.0. The summed E-state index contributed by atoms with van der Waals surface area (Å²) in [6.45, 7) is 0.728. The fraction of sp³-hybridized carbons (Fsp3) is 0.167. The van der Waals surface area contributed by atoms with Crippen LogP contribution in [0, 0.1) is 0 Å². The van der Waals surface area contributed by atoms with Crippen molar-refractivity contribution in [3.05, 3.63) is 66.9 Å². The van der Waals surface area contributed by atoms with Gasteiger partial charge in [0.05, 0.1) is 11.3 Å². The zero-order valence-corrected chi connectivity index (χ0v) is 13.8. The Morgan fingerprint density at radius 3 is 2.88 bits per heavy atom. The van der Waals surface area contributed by atoms with Gasteiger partial charge in [-0.2, -0.15) is 0 Å². The lowest BCUT2D eigenvalue weighted by molar-refractivity contribution is 0.0986. The summed E-state index contributed by atoms with van der Waals surface area (Å²) in [6, 6.07) is 11.7. The molecule has 0 unspecified atom stereocenters. The van der Waals surface area contributed by atoms with Crippen molar-refractivity contribution in [3.8, 4) is 5.82 Å². The number of anilines is 1. The molecule has 1 amide bonds. The van der Waals surface area contributed by atoms with Gasteiger partial charge < -0.3 is 4.90 Å². The van der Waals surface area contributed by atoms with E-state index in [4.69, 9.17) is 0 Å². The fourth-order valence-electron chi connectivity index (χ4n) is 2.75. The van der Waals surface area contributed by atoms with Gasteiger partial charge in [-0.15, -0.1) is 11.8 Å². The number of thioether (sulfide) groups is 1. The third-order valence-electron chi connectivity index (χ3n) is 3.95. The lowest BCUT2D eigenvalue weighted by Gasteiger charge is -2.22. The zero-order valence-electron chi connectivity index (χ0n) is 13.0. The van der Waals surface area contributed by atoms with Crippen LogP contribution in [0.3, 0.4) is 0 Å². The van der Waals surface area contributed by atoms with Crippen LogP contribution < -0.4 is 4.90 Å². The SMILES string of the molecule is O=C(c1ccc(-n2ccnc2)nc1)N1CCCSc2ccccc21. The van der Waals surface area contributed by atoms with Gasteiger partial charge in [0, 0.05) is 30.0 Å². The van der Waals surface area contributed by atoms with Crippen molar-refractivity contribution in [2.75, 3.05) is 17.2 Å². The Kier molecular flexibility index (Phi) is 4.04. The van der Waals surface area contributed by atoms with Gasteiger partial charge in [0.2, 0.25) is 0 Å². The molecule has 0 radical (unpaired) electrons. The van der Waals surface area contributed by atoms with E-state index in [0.29, 0.717) is 5.56 Å². The van der Waals surface area contributed by atoms with E-state index in [1.54, 1.807) is 30.5 Å². The van der Waals surface area contributed by atoms with Gasteiger partial charge >= 0.3 is 0 Å². The van der Waals surface area contributed by atoms with Gasteiger partial charge in [-0.1, -0.05) is 12.1 Å². The van der Waals surface area contributed by atoms with Gasteiger partial charge in [0.1, 0.15) is 12.1 Å². The third kappa shape index (κ3) is 2.80. The lowest BCUT2D eigenvalue weighted by atomic mass is 10.2. The van der Waals surface area contributed by atoms with Gasteiger partial charge in [-0.3, -0.25) is 9.36 Å². The van der Waals surface area contributed by atoms with Crippen LogP contribution in [0.5, 0.6) is 0 Å². The maximum absolute atomic E-state index is 13.0. The van der Waals surface area contributed by atoms with Crippen molar-refractivity contribution in [2.45, 2.75) is 11.3 Å². The van der Waals surface area contributed by atoms with E-state index < -0.39 is 0 Å². The molecule has 3 heterocycles. The zero-order chi connectivity index (χ0) is 16.4. The number of fused-ring (bicyclic) bond motifs is 1. The molecular weight excluding hydrogens is 320 g/mol. The lowest BCUT2D eigenvalue weighted by Crippen LogP contribution is -2.31. The number of hydrogen-bond acceptors (Lipinski definition) is 4. The highest BCUT2D eigenvalue weighted by Crippen LogP contribution is 2.34. The minimum Gasteiger partial charge on any atom is -0.307 e. The highest BCUT2D eigenvalue weighted by molar-refractivity contribution is 7.99. The van der Waals surface area contributed by atoms with Crippen LogP contribution in [0.1, 0.15) is 16.8 Å². The van der Waals surface area contributed by atoms with Crippen molar-refractivity contribution in [2.24, 2.45) is 0 Å². The van der Waals surface area contributed by atoms with E-state index in [1.165, 1.54) is 0 Å². The number of benzene rings is 1. The molecular formula is C18H16N4OS. The summed E-state index contributed by atoms with van der Waals surface area (Å²) in [5, 5.41) is 0. The second-order valence-electron chi connectivity index (χ2n) is 5.50. The third-order valence-corrected chi connectivity index (χ3v) is 5.10. The molecule has 1 aromatic carbocycles. The summed E-state index contributed by atoms with van der Waals surface area (Å²) in [7, 11) is 0. The molecule has 0 saturated carbocycles. The van der Waals surface area contributed by atoms with Crippen molar-refractivity contribution in [1.29, 1.82) is 0 Å². The first-order chi connectivity index (χ1) is 11.8. The Morgan fingerprint density at radius 1 is 1.17 bits per heavy atom. The summed E-state index contributed by atoms with van der Waals surface area (Å²) in [6.07, 6.45) is 7.83. The molecule has 0 fully saturated rings. The predicted molar refractivity (Wildman–Crippen MR) is 94.8 cm³/mol. The molecule has 4 rings (SSSR count). The average molecular weight is 336 g/mol. The average Bonchev–Trinajstić information content (AvgIpc) is 3.08. The van der Waals surface area contributed by atoms with Crippen LogP contribution in [0.15, 0.2) is 66.2 Å². The molecule has 3 aromatic rings. The maximum atomic E-state index is 13.0. The molecule has 0 spiro atoms. The number of hydrogen-bond donors (Lipinski definition) is 0. The molecule has 1 aliphatic heterocycles. The second-order valence-corrected chi connectivity index (χ2v) is 6.64. The number of pyridine rings is 1. The first-order valence-electron chi connectivity index (χ1n) is 7.81.